The van der Waals surface area contributed by atoms with Gasteiger partial charge in [-0.25, -0.2) is 8.42 Å². The second-order valence-electron chi connectivity index (χ2n) is 9.63. The maximum absolute atomic E-state index is 12.9. The van der Waals surface area contributed by atoms with Gasteiger partial charge in [-0.3, -0.25) is 9.59 Å². The lowest BCUT2D eigenvalue weighted by Crippen LogP contribution is -2.51. The summed E-state index contributed by atoms with van der Waals surface area (Å²) in [6.07, 6.45) is 1.27. The standard InChI is InChI=1S/C25H29ClN4O6S/c1-36-16-27-12-22-24(32)30(15-29(22)14-27)20-6-8-28(9-7-20)25(33)23(31)13-37(34,35)21-5-3-17-10-19(26)4-2-18(17)11-21/h2-5,10-12,20,23,31H,6-9,13-16H2,1H3/t23-/m1/s1. The van der Waals surface area contributed by atoms with Crippen LogP contribution in [0.3, 0.4) is 0 Å². The fourth-order valence-corrected chi connectivity index (χ4v) is 6.71. The number of ether oxygens (including phenoxy) is 1. The van der Waals surface area contributed by atoms with Crippen LogP contribution in [0.15, 0.2) is 53.2 Å². The van der Waals surface area contributed by atoms with Crippen LogP contribution in [0.5, 0.6) is 0 Å². The summed E-state index contributed by atoms with van der Waals surface area (Å²) in [4.78, 5) is 33.1. The molecule has 5 rings (SSSR count). The van der Waals surface area contributed by atoms with E-state index in [-0.39, 0.29) is 16.8 Å². The summed E-state index contributed by atoms with van der Waals surface area (Å²) in [6.45, 7) is 2.18. The SMILES string of the molecule is COCN1C=C2C(=O)N(C3CCN(C(=O)[C@H](O)CS(=O)(=O)c4ccc5cc(Cl)ccc5c4)CC3)CN2C1. The predicted molar refractivity (Wildman–Crippen MR) is 137 cm³/mol. The molecule has 0 saturated carbocycles. The van der Waals surface area contributed by atoms with Crippen molar-refractivity contribution in [3.05, 3.63) is 53.3 Å². The molecule has 0 unspecified atom stereocenters. The number of hydrogen-bond donors (Lipinski definition) is 1. The van der Waals surface area contributed by atoms with E-state index in [1.54, 1.807) is 31.4 Å². The minimum Gasteiger partial charge on any atom is -0.382 e. The van der Waals surface area contributed by atoms with Gasteiger partial charge in [0.2, 0.25) is 0 Å². The van der Waals surface area contributed by atoms with Crippen molar-refractivity contribution in [3.8, 4) is 0 Å². The lowest BCUT2D eigenvalue weighted by atomic mass is 10.0. The lowest BCUT2D eigenvalue weighted by Gasteiger charge is -2.37. The van der Waals surface area contributed by atoms with E-state index in [0.29, 0.717) is 62.1 Å². The van der Waals surface area contributed by atoms with Gasteiger partial charge in [0.15, 0.2) is 9.84 Å². The smallest absolute Gasteiger partial charge is 0.273 e. The van der Waals surface area contributed by atoms with Gasteiger partial charge in [0.05, 0.1) is 24.0 Å². The van der Waals surface area contributed by atoms with E-state index >= 15 is 0 Å². The molecule has 12 heteroatoms. The number of carbonyl (C=O) groups is 2. The van der Waals surface area contributed by atoms with Crippen molar-refractivity contribution in [3.63, 3.8) is 0 Å². The Morgan fingerprint density at radius 3 is 2.54 bits per heavy atom. The molecule has 1 atom stereocenters. The Morgan fingerprint density at radius 1 is 1.14 bits per heavy atom. The van der Waals surface area contributed by atoms with Gasteiger partial charge in [-0.2, -0.15) is 0 Å². The molecule has 0 aromatic heterocycles. The zero-order valence-electron chi connectivity index (χ0n) is 20.4. The summed E-state index contributed by atoms with van der Waals surface area (Å²) in [5.41, 5.74) is 0.646. The molecule has 1 N–H and O–H groups in total. The highest BCUT2D eigenvalue weighted by Gasteiger charge is 2.42. The van der Waals surface area contributed by atoms with E-state index in [4.69, 9.17) is 16.3 Å². The van der Waals surface area contributed by atoms with Gasteiger partial charge >= 0.3 is 0 Å². The highest BCUT2D eigenvalue weighted by Crippen LogP contribution is 2.30. The first-order chi connectivity index (χ1) is 17.7. The molecule has 3 aliphatic heterocycles. The number of piperidine rings is 1. The number of hydrogen-bond acceptors (Lipinski definition) is 8. The molecule has 37 heavy (non-hydrogen) atoms. The molecular weight excluding hydrogens is 520 g/mol. The number of nitrogens with zero attached hydrogens (tertiary/aromatic N) is 4. The largest absolute Gasteiger partial charge is 0.382 e. The third-order valence-corrected chi connectivity index (χ3v) is 9.07. The monoisotopic (exact) mass is 548 g/mol. The van der Waals surface area contributed by atoms with Crippen molar-refractivity contribution in [2.45, 2.75) is 29.9 Å². The van der Waals surface area contributed by atoms with Crippen molar-refractivity contribution >= 4 is 44.0 Å². The number of carbonyl (C=O) groups excluding carboxylic acids is 2. The van der Waals surface area contributed by atoms with Crippen LogP contribution in [0.25, 0.3) is 10.8 Å². The molecule has 10 nitrogen and oxygen atoms in total. The van der Waals surface area contributed by atoms with Crippen LogP contribution in [-0.2, 0) is 24.2 Å². The third kappa shape index (κ3) is 5.13. The molecule has 2 aromatic carbocycles. The number of aliphatic hydroxyl groups is 1. The normalized spacial score (nSPS) is 19.5. The van der Waals surface area contributed by atoms with Crippen molar-refractivity contribution in [1.82, 2.24) is 19.6 Å². The molecule has 0 radical (unpaired) electrons. The van der Waals surface area contributed by atoms with Crippen molar-refractivity contribution in [2.75, 3.05) is 46.0 Å². The van der Waals surface area contributed by atoms with E-state index in [2.05, 4.69) is 0 Å². The first-order valence-electron chi connectivity index (χ1n) is 12.1. The fourth-order valence-electron chi connectivity index (χ4n) is 5.19. The summed E-state index contributed by atoms with van der Waals surface area (Å²) in [5, 5.41) is 12.6. The van der Waals surface area contributed by atoms with Crippen LogP contribution < -0.4 is 0 Å². The first kappa shape index (κ1) is 25.8. The van der Waals surface area contributed by atoms with Gasteiger partial charge in [0, 0.05) is 37.5 Å². The molecule has 2 fully saturated rings. The predicted octanol–water partition coefficient (Wildman–Crippen LogP) is 1.44. The molecule has 2 amide bonds. The Bertz CT molecular complexity index is 1360. The van der Waals surface area contributed by atoms with Crippen LogP contribution in [0, 0.1) is 0 Å². The van der Waals surface area contributed by atoms with Gasteiger partial charge in [-0.05, 0) is 47.9 Å². The van der Waals surface area contributed by atoms with Gasteiger partial charge in [0.25, 0.3) is 11.8 Å². The summed E-state index contributed by atoms with van der Waals surface area (Å²) in [7, 11) is -2.29. The minimum absolute atomic E-state index is 0.0223. The Kier molecular flexibility index (Phi) is 7.06. The molecule has 0 aliphatic carbocycles. The van der Waals surface area contributed by atoms with E-state index in [9.17, 15) is 23.1 Å². The number of rotatable bonds is 7. The molecule has 2 aromatic rings. The third-order valence-electron chi connectivity index (χ3n) is 7.11. The van der Waals surface area contributed by atoms with Gasteiger partial charge < -0.3 is 29.4 Å². The Labute approximate surface area is 220 Å². The van der Waals surface area contributed by atoms with Gasteiger partial charge in [-0.1, -0.05) is 23.7 Å². The van der Waals surface area contributed by atoms with Gasteiger partial charge in [0.1, 0.15) is 18.5 Å². The van der Waals surface area contributed by atoms with Crippen LogP contribution >= 0.6 is 11.6 Å². The molecule has 3 heterocycles. The Morgan fingerprint density at radius 2 is 1.84 bits per heavy atom. The minimum atomic E-state index is -3.90. The number of fused-ring (bicyclic) bond motifs is 2. The number of aliphatic hydroxyl groups excluding tert-OH is 1. The number of methoxy groups -OCH3 is 1. The summed E-state index contributed by atoms with van der Waals surface area (Å²) < 4.78 is 31.0. The maximum Gasteiger partial charge on any atom is 0.273 e. The van der Waals surface area contributed by atoms with Crippen LogP contribution in [0.1, 0.15) is 12.8 Å². The molecule has 3 aliphatic rings. The van der Waals surface area contributed by atoms with Crippen molar-refractivity contribution in [1.29, 1.82) is 0 Å². The van der Waals surface area contributed by atoms with E-state index < -0.39 is 27.6 Å². The summed E-state index contributed by atoms with van der Waals surface area (Å²) >= 11 is 5.99. The maximum atomic E-state index is 12.9. The van der Waals surface area contributed by atoms with Crippen LogP contribution in [0.2, 0.25) is 5.02 Å². The second kappa shape index (κ2) is 10.1. The number of benzene rings is 2. The molecule has 0 bridgehead atoms. The highest BCUT2D eigenvalue weighted by atomic mass is 35.5. The highest BCUT2D eigenvalue weighted by molar-refractivity contribution is 7.91. The zero-order valence-corrected chi connectivity index (χ0v) is 22.0. The lowest BCUT2D eigenvalue weighted by molar-refractivity contribution is -0.141. The zero-order chi connectivity index (χ0) is 26.3. The van der Waals surface area contributed by atoms with E-state index in [0.717, 1.165) is 5.39 Å². The van der Waals surface area contributed by atoms with Crippen molar-refractivity contribution in [2.24, 2.45) is 0 Å². The Hall–Kier alpha value is -2.86. The molecule has 0 spiro atoms. The average molecular weight is 549 g/mol. The first-order valence-corrected chi connectivity index (χ1v) is 14.1. The fraction of sp³-hybridized carbons (Fsp3) is 0.440. The summed E-state index contributed by atoms with van der Waals surface area (Å²) in [6, 6.07) is 9.75. The van der Waals surface area contributed by atoms with Gasteiger partial charge in [-0.15, -0.1) is 0 Å². The second-order valence-corrected chi connectivity index (χ2v) is 12.1. The number of likely N-dealkylation sites (tertiary alicyclic amines) is 1. The van der Waals surface area contributed by atoms with E-state index in [1.165, 1.54) is 17.0 Å². The quantitative estimate of drug-likeness (QED) is 0.553. The number of halogens is 1. The van der Waals surface area contributed by atoms with Crippen molar-refractivity contribution < 1.29 is 27.9 Å². The molecule has 2 saturated heterocycles. The Balaban J connectivity index is 1.17. The average Bonchev–Trinajstić information content (AvgIpc) is 3.41. The number of amides is 2. The molecular formula is C25H29ClN4O6S. The van der Waals surface area contributed by atoms with E-state index in [1.807, 2.05) is 20.9 Å². The topological polar surface area (TPSA) is 111 Å². The molecule has 198 valence electrons. The summed E-state index contributed by atoms with van der Waals surface area (Å²) in [5.74, 6) is -1.34. The van der Waals surface area contributed by atoms with Crippen LogP contribution in [0.4, 0.5) is 0 Å². The van der Waals surface area contributed by atoms with Crippen LogP contribution in [-0.4, -0.2) is 103 Å². The number of sulfone groups is 1.